The Kier molecular flexibility index (Phi) is 4.26. The molecule has 14 heavy (non-hydrogen) atoms. The molecule has 0 N–H and O–H groups in total. The van der Waals surface area contributed by atoms with E-state index in [1.165, 1.54) is 0 Å². The Labute approximate surface area is 125 Å². The average Bonchev–Trinajstić information content (AvgIpc) is 1.97. The minimum atomic E-state index is -0.800. The molecule has 0 bridgehead atoms. The summed E-state index contributed by atoms with van der Waals surface area (Å²) >= 11 is 11.1. The fourth-order valence-corrected chi connectivity index (χ4v) is 2.39. The van der Waals surface area contributed by atoms with E-state index >= 15 is 0 Å². The topological polar surface area (TPSA) is 57.7 Å². The van der Waals surface area contributed by atoms with Gasteiger partial charge in [0.15, 0.2) is 0 Å². The van der Waals surface area contributed by atoms with E-state index in [9.17, 15) is 14.4 Å². The zero-order chi connectivity index (χ0) is 11.1. The van der Waals surface area contributed by atoms with Crippen LogP contribution in [0.1, 0.15) is 6.42 Å². The molecule has 0 aromatic rings. The van der Waals surface area contributed by atoms with Crippen molar-refractivity contribution < 1.29 is 14.4 Å². The van der Waals surface area contributed by atoms with Gasteiger partial charge >= 0.3 is 6.03 Å². The number of alkyl halides is 3. The minimum absolute atomic E-state index is 0.369. The van der Waals surface area contributed by atoms with Crippen molar-refractivity contribution in [2.45, 2.75) is 5.98 Å². The van der Waals surface area contributed by atoms with Crippen LogP contribution in [-0.2, 0) is 9.59 Å². The normalized spacial score (nSPS) is 19.3. The SMILES string of the molecule is O=C1CC(=O)N(C(I)(I)I)C(=O)N1Cl. The molecule has 0 spiro atoms. The molecule has 78 valence electrons. The number of amides is 4. The lowest BCUT2D eigenvalue weighted by Crippen LogP contribution is -2.55. The van der Waals surface area contributed by atoms with Gasteiger partial charge in [0, 0.05) is 11.8 Å². The zero-order valence-corrected chi connectivity index (χ0v) is 13.6. The maximum atomic E-state index is 11.5. The molecular weight excluding hydrogens is 552 g/mol. The molecule has 1 heterocycles. The van der Waals surface area contributed by atoms with E-state index in [0.717, 1.165) is 4.90 Å². The maximum absolute atomic E-state index is 11.5. The van der Waals surface area contributed by atoms with E-state index < -0.39 is 17.4 Å². The predicted molar refractivity (Wildman–Crippen MR) is 74.3 cm³/mol. The van der Waals surface area contributed by atoms with Crippen LogP contribution in [0, 0.1) is 0 Å². The molecule has 0 radical (unpaired) electrons. The van der Waals surface area contributed by atoms with Crippen molar-refractivity contribution in [3.05, 3.63) is 0 Å². The molecule has 1 aliphatic heterocycles. The summed E-state index contributed by atoms with van der Waals surface area (Å²) in [5.74, 6) is -1.22. The molecule has 4 amide bonds. The van der Waals surface area contributed by atoms with Gasteiger partial charge < -0.3 is 0 Å². The third-order valence-corrected chi connectivity index (χ3v) is 3.16. The van der Waals surface area contributed by atoms with Crippen molar-refractivity contribution in [3.8, 4) is 0 Å². The first-order valence-corrected chi connectivity index (χ1v) is 6.75. The molecule has 0 aromatic carbocycles. The predicted octanol–water partition coefficient (Wildman–Crippen LogP) is 2.24. The van der Waals surface area contributed by atoms with E-state index in [0.29, 0.717) is 4.42 Å². The highest BCUT2D eigenvalue weighted by Crippen LogP contribution is 2.41. The average molecular weight is 554 g/mol. The monoisotopic (exact) mass is 554 g/mol. The first kappa shape index (κ1) is 13.2. The number of urea groups is 1. The maximum Gasteiger partial charge on any atom is 0.350 e. The van der Waals surface area contributed by atoms with E-state index in [2.05, 4.69) is 0 Å². The number of hydrogen-bond donors (Lipinski definition) is 0. The number of imide groups is 2. The van der Waals surface area contributed by atoms with Crippen molar-refractivity contribution in [1.82, 2.24) is 9.32 Å². The number of carbonyl (C=O) groups excluding carboxylic acids is 3. The number of barbiturate groups is 1. The third-order valence-electron chi connectivity index (χ3n) is 1.38. The molecule has 0 aliphatic carbocycles. The lowest BCUT2D eigenvalue weighted by Gasteiger charge is -2.33. The van der Waals surface area contributed by atoms with Gasteiger partial charge in [-0.05, 0) is 67.8 Å². The van der Waals surface area contributed by atoms with Crippen LogP contribution in [0.5, 0.6) is 0 Å². The van der Waals surface area contributed by atoms with Gasteiger partial charge in [-0.15, -0.1) is 0 Å². The number of halogens is 4. The number of carbonyl (C=O) groups is 3. The second-order valence-corrected chi connectivity index (χ2v) is 13.5. The van der Waals surface area contributed by atoms with Crippen LogP contribution in [0.4, 0.5) is 4.79 Å². The van der Waals surface area contributed by atoms with E-state index in [4.69, 9.17) is 11.8 Å². The summed E-state index contributed by atoms with van der Waals surface area (Å²) < 4.78 is -0.318. The van der Waals surface area contributed by atoms with Crippen LogP contribution in [0.15, 0.2) is 0 Å². The lowest BCUT2D eigenvalue weighted by atomic mass is 10.3. The van der Waals surface area contributed by atoms with Gasteiger partial charge in [-0.2, -0.15) is 4.42 Å². The van der Waals surface area contributed by atoms with Crippen molar-refractivity contribution in [1.29, 1.82) is 0 Å². The van der Waals surface area contributed by atoms with Gasteiger partial charge in [-0.3, -0.25) is 9.59 Å². The summed E-state index contributed by atoms with van der Waals surface area (Å²) in [6.45, 7) is 0. The van der Waals surface area contributed by atoms with Gasteiger partial charge in [0.2, 0.25) is 5.47 Å². The summed E-state index contributed by atoms with van der Waals surface area (Å²) in [4.78, 5) is 34.8. The largest absolute Gasteiger partial charge is 0.350 e. The molecular formula is C5H2ClI3N2O3. The lowest BCUT2D eigenvalue weighted by molar-refractivity contribution is -0.139. The second-order valence-electron chi connectivity index (χ2n) is 2.33. The van der Waals surface area contributed by atoms with Gasteiger partial charge in [-0.1, -0.05) is 0 Å². The van der Waals surface area contributed by atoms with E-state index in [-0.39, 0.29) is 6.42 Å². The molecule has 9 heteroatoms. The summed E-state index contributed by atoms with van der Waals surface area (Å²) in [5, 5.41) is 0. The first-order valence-electron chi connectivity index (χ1n) is 3.17. The van der Waals surface area contributed by atoms with Crippen LogP contribution < -0.4 is 0 Å². The Morgan fingerprint density at radius 1 is 1.14 bits per heavy atom. The molecule has 1 fully saturated rings. The number of rotatable bonds is 1. The summed E-state index contributed by atoms with van der Waals surface area (Å²) in [6.07, 6.45) is -0.369. The fraction of sp³-hybridized carbons (Fsp3) is 0.400. The quantitative estimate of drug-likeness (QED) is 0.164. The Hall–Kier alpha value is 1.09. The first-order chi connectivity index (χ1) is 6.25. The Morgan fingerprint density at radius 2 is 1.64 bits per heavy atom. The molecule has 1 rings (SSSR count). The Bertz CT molecular complexity index is 316. The van der Waals surface area contributed by atoms with Gasteiger partial charge in [0.25, 0.3) is 5.91 Å². The van der Waals surface area contributed by atoms with Crippen molar-refractivity contribution in [3.63, 3.8) is 0 Å². The molecule has 1 saturated heterocycles. The highest BCUT2D eigenvalue weighted by atomic mass is 127. The zero-order valence-electron chi connectivity index (χ0n) is 6.34. The number of hydrogen-bond acceptors (Lipinski definition) is 3. The highest BCUT2D eigenvalue weighted by Gasteiger charge is 2.45. The van der Waals surface area contributed by atoms with Gasteiger partial charge in [0.05, 0.1) is 0 Å². The molecule has 1 aliphatic rings. The molecule has 0 atom stereocenters. The van der Waals surface area contributed by atoms with Crippen LogP contribution in [0.25, 0.3) is 0 Å². The highest BCUT2D eigenvalue weighted by molar-refractivity contribution is 14.3. The minimum Gasteiger partial charge on any atom is -0.274 e. The fourth-order valence-electron chi connectivity index (χ4n) is 0.829. The summed E-state index contributed by atoms with van der Waals surface area (Å²) in [7, 11) is 0. The summed E-state index contributed by atoms with van der Waals surface area (Å²) in [5.41, 5.74) is 0. The van der Waals surface area contributed by atoms with Crippen LogP contribution in [-0.4, -0.2) is 26.7 Å². The van der Waals surface area contributed by atoms with Crippen molar-refractivity contribution in [2.24, 2.45) is 0 Å². The van der Waals surface area contributed by atoms with Crippen LogP contribution in [0.3, 0.4) is 0 Å². The van der Waals surface area contributed by atoms with Gasteiger partial charge in [-0.25, -0.2) is 9.69 Å². The van der Waals surface area contributed by atoms with Crippen molar-refractivity contribution in [2.75, 3.05) is 0 Å². The third kappa shape index (κ3) is 2.61. The Balaban J connectivity index is 3.03. The molecule has 0 saturated carbocycles. The Morgan fingerprint density at radius 3 is 2.07 bits per heavy atom. The molecule has 5 nitrogen and oxygen atoms in total. The molecule has 0 aromatic heterocycles. The van der Waals surface area contributed by atoms with Crippen LogP contribution in [0.2, 0.25) is 0 Å². The molecule has 0 unspecified atom stereocenters. The van der Waals surface area contributed by atoms with E-state index in [1.807, 2.05) is 67.8 Å². The van der Waals surface area contributed by atoms with E-state index in [1.54, 1.807) is 0 Å². The number of nitrogens with zero attached hydrogens (tertiary/aromatic N) is 2. The van der Waals surface area contributed by atoms with Crippen molar-refractivity contribution >= 4 is 97.4 Å². The summed E-state index contributed by atoms with van der Waals surface area (Å²) in [6, 6.07) is -0.800. The smallest absolute Gasteiger partial charge is 0.274 e. The van der Waals surface area contributed by atoms with Crippen LogP contribution >= 0.6 is 79.5 Å². The second kappa shape index (κ2) is 4.53. The standard InChI is InChI=1S/C5H2ClI3N2O3/c6-11-3(13)1-2(12)10(4(11)14)5(7,8)9/h1H2. The van der Waals surface area contributed by atoms with Gasteiger partial charge in [0.1, 0.15) is 6.42 Å².